The van der Waals surface area contributed by atoms with E-state index in [1.165, 1.54) is 11.3 Å². The second-order valence-corrected chi connectivity index (χ2v) is 5.61. The van der Waals surface area contributed by atoms with Crippen LogP contribution in [0.4, 0.5) is 0 Å². The maximum absolute atomic E-state index is 11.0. The van der Waals surface area contributed by atoms with Crippen LogP contribution in [0, 0.1) is 0 Å². The van der Waals surface area contributed by atoms with Crippen LogP contribution in [0.3, 0.4) is 0 Å². The molecule has 1 aliphatic heterocycles. The number of nitrogens with one attached hydrogen (secondary N) is 2. The Morgan fingerprint density at radius 2 is 2.28 bits per heavy atom. The van der Waals surface area contributed by atoms with Gasteiger partial charge in [-0.15, -0.1) is 11.3 Å². The Morgan fingerprint density at radius 3 is 2.94 bits per heavy atom. The third-order valence-corrected chi connectivity index (χ3v) is 3.96. The Balaban J connectivity index is 1.77. The number of carbonyl (C=O) groups is 2. The van der Waals surface area contributed by atoms with E-state index in [-0.39, 0.29) is 12.3 Å². The summed E-state index contributed by atoms with van der Waals surface area (Å²) in [5.74, 6) is -0.681. The first kappa shape index (κ1) is 13.0. The molecule has 1 fully saturated rings. The number of rotatable bonds is 5. The van der Waals surface area contributed by atoms with E-state index >= 15 is 0 Å². The van der Waals surface area contributed by atoms with Crippen molar-refractivity contribution < 1.29 is 14.7 Å². The molecule has 1 unspecified atom stereocenters. The number of amides is 1. The van der Waals surface area contributed by atoms with Crippen molar-refractivity contribution in [1.82, 2.24) is 10.6 Å². The van der Waals surface area contributed by atoms with Crippen LogP contribution in [0.15, 0.2) is 12.1 Å². The van der Waals surface area contributed by atoms with E-state index in [1.54, 1.807) is 0 Å². The predicted molar refractivity (Wildman–Crippen MR) is 68.5 cm³/mol. The Bertz CT molecular complexity index is 434. The number of thiophene rings is 1. The van der Waals surface area contributed by atoms with E-state index in [9.17, 15) is 9.59 Å². The number of piperidine rings is 1. The molecule has 1 saturated heterocycles. The van der Waals surface area contributed by atoms with Gasteiger partial charge < -0.3 is 15.7 Å². The highest BCUT2D eigenvalue weighted by Gasteiger charge is 2.17. The highest BCUT2D eigenvalue weighted by atomic mass is 32.1. The average molecular weight is 268 g/mol. The molecule has 1 aromatic rings. The van der Waals surface area contributed by atoms with Gasteiger partial charge in [-0.2, -0.15) is 0 Å². The molecule has 0 saturated carbocycles. The van der Waals surface area contributed by atoms with E-state index in [0.717, 1.165) is 22.7 Å². The van der Waals surface area contributed by atoms with Crippen LogP contribution < -0.4 is 10.6 Å². The van der Waals surface area contributed by atoms with E-state index in [0.29, 0.717) is 19.0 Å². The van der Waals surface area contributed by atoms with Crippen molar-refractivity contribution in [3.8, 4) is 0 Å². The minimum Gasteiger partial charge on any atom is -0.481 e. The summed E-state index contributed by atoms with van der Waals surface area (Å²) in [6.45, 7) is 1.40. The van der Waals surface area contributed by atoms with Crippen LogP contribution in [-0.2, 0) is 22.6 Å². The molecule has 1 amide bonds. The predicted octanol–water partition coefficient (Wildman–Crippen LogP) is 0.743. The van der Waals surface area contributed by atoms with Gasteiger partial charge in [0.25, 0.3) is 0 Å². The van der Waals surface area contributed by atoms with Gasteiger partial charge in [-0.25, -0.2) is 0 Å². The smallest absolute Gasteiger partial charge is 0.308 e. The lowest BCUT2D eigenvalue weighted by Crippen LogP contribution is -2.45. The monoisotopic (exact) mass is 268 g/mol. The zero-order valence-corrected chi connectivity index (χ0v) is 10.8. The molecular weight excluding hydrogens is 252 g/mol. The molecule has 2 heterocycles. The lowest BCUT2D eigenvalue weighted by Gasteiger charge is -2.23. The lowest BCUT2D eigenvalue weighted by molar-refractivity contribution is -0.136. The number of hydrogen-bond acceptors (Lipinski definition) is 4. The maximum Gasteiger partial charge on any atom is 0.308 e. The molecule has 0 aromatic carbocycles. The topological polar surface area (TPSA) is 78.4 Å². The van der Waals surface area contributed by atoms with Crippen molar-refractivity contribution >= 4 is 23.2 Å². The Labute approximate surface area is 109 Å². The van der Waals surface area contributed by atoms with Crippen molar-refractivity contribution in [2.45, 2.75) is 31.8 Å². The first-order valence-electron chi connectivity index (χ1n) is 5.93. The highest BCUT2D eigenvalue weighted by molar-refractivity contribution is 7.12. The van der Waals surface area contributed by atoms with Crippen LogP contribution in [-0.4, -0.2) is 29.6 Å². The average Bonchev–Trinajstić information content (AvgIpc) is 2.75. The number of aliphatic carboxylic acids is 1. The van der Waals surface area contributed by atoms with Crippen LogP contribution >= 0.6 is 11.3 Å². The summed E-state index contributed by atoms with van der Waals surface area (Å²) in [5.41, 5.74) is 0. The molecule has 2 rings (SSSR count). The molecule has 0 bridgehead atoms. The summed E-state index contributed by atoms with van der Waals surface area (Å²) < 4.78 is 0. The molecule has 0 spiro atoms. The second-order valence-electron chi connectivity index (χ2n) is 4.36. The van der Waals surface area contributed by atoms with Crippen molar-refractivity contribution in [2.24, 2.45) is 0 Å². The summed E-state index contributed by atoms with van der Waals surface area (Å²) >= 11 is 1.52. The van der Waals surface area contributed by atoms with Crippen LogP contribution in [0.2, 0.25) is 0 Å². The van der Waals surface area contributed by atoms with Gasteiger partial charge in [0.2, 0.25) is 5.91 Å². The fraction of sp³-hybridized carbons (Fsp3) is 0.500. The molecule has 1 aliphatic rings. The molecule has 18 heavy (non-hydrogen) atoms. The summed E-state index contributed by atoms with van der Waals surface area (Å²) in [6, 6.07) is 4.13. The first-order valence-corrected chi connectivity index (χ1v) is 6.74. The van der Waals surface area contributed by atoms with Crippen LogP contribution in [0.1, 0.15) is 22.6 Å². The molecule has 1 aromatic heterocycles. The highest BCUT2D eigenvalue weighted by Crippen LogP contribution is 2.17. The van der Waals surface area contributed by atoms with Crippen LogP contribution in [0.25, 0.3) is 0 Å². The van der Waals surface area contributed by atoms with Crippen LogP contribution in [0.5, 0.6) is 0 Å². The standard InChI is InChI=1S/C12H16N2O3S/c15-11-4-1-8(6-14-11)13-7-10-3-2-9(18-10)5-12(16)17/h2-3,8,13H,1,4-7H2,(H,14,15)(H,16,17). The van der Waals surface area contributed by atoms with Gasteiger partial charge in [0.05, 0.1) is 6.42 Å². The SMILES string of the molecule is O=C(O)Cc1ccc(CNC2CCC(=O)NC2)s1. The third-order valence-electron chi connectivity index (χ3n) is 2.87. The zero-order chi connectivity index (χ0) is 13.0. The first-order chi connectivity index (χ1) is 8.63. The molecule has 0 radical (unpaired) electrons. The Morgan fingerprint density at radius 1 is 1.50 bits per heavy atom. The minimum absolute atomic E-state index is 0.0875. The van der Waals surface area contributed by atoms with Gasteiger partial charge in [0.1, 0.15) is 0 Å². The molecule has 5 nitrogen and oxygen atoms in total. The molecule has 98 valence electrons. The van der Waals surface area contributed by atoms with Crippen molar-refractivity contribution in [2.75, 3.05) is 6.54 Å². The van der Waals surface area contributed by atoms with Crippen molar-refractivity contribution in [3.05, 3.63) is 21.9 Å². The third kappa shape index (κ3) is 3.82. The molecule has 6 heteroatoms. The molecular formula is C12H16N2O3S. The fourth-order valence-electron chi connectivity index (χ4n) is 1.91. The molecule has 3 N–H and O–H groups in total. The van der Waals surface area contributed by atoms with Gasteiger partial charge in [-0.05, 0) is 18.6 Å². The summed E-state index contributed by atoms with van der Waals surface area (Å²) in [4.78, 5) is 23.6. The van der Waals surface area contributed by atoms with Gasteiger partial charge in [-0.1, -0.05) is 0 Å². The van der Waals surface area contributed by atoms with Crippen molar-refractivity contribution in [1.29, 1.82) is 0 Å². The second kappa shape index (κ2) is 5.97. The van der Waals surface area contributed by atoms with E-state index in [4.69, 9.17) is 5.11 Å². The largest absolute Gasteiger partial charge is 0.481 e. The summed E-state index contributed by atoms with van der Waals surface area (Å²) in [6.07, 6.45) is 1.52. The fourth-order valence-corrected chi connectivity index (χ4v) is 2.87. The summed E-state index contributed by atoms with van der Waals surface area (Å²) in [7, 11) is 0. The van der Waals surface area contributed by atoms with E-state index in [1.807, 2.05) is 12.1 Å². The number of carboxylic acids is 1. The lowest BCUT2D eigenvalue weighted by atomic mass is 10.1. The Hall–Kier alpha value is -1.40. The van der Waals surface area contributed by atoms with Gasteiger partial charge >= 0.3 is 5.97 Å². The van der Waals surface area contributed by atoms with E-state index < -0.39 is 5.97 Å². The molecule has 0 aliphatic carbocycles. The zero-order valence-electron chi connectivity index (χ0n) is 9.94. The number of hydrogen-bond donors (Lipinski definition) is 3. The van der Waals surface area contributed by atoms with Crippen molar-refractivity contribution in [3.63, 3.8) is 0 Å². The van der Waals surface area contributed by atoms with Gasteiger partial charge in [0, 0.05) is 35.3 Å². The molecule has 1 atom stereocenters. The normalized spacial score (nSPS) is 19.6. The quantitative estimate of drug-likeness (QED) is 0.736. The maximum atomic E-state index is 11.0. The minimum atomic E-state index is -0.800. The summed E-state index contributed by atoms with van der Waals surface area (Å²) in [5, 5.41) is 14.9. The van der Waals surface area contributed by atoms with Gasteiger partial charge in [-0.3, -0.25) is 9.59 Å². The number of carboxylic acid groups (broad SMARTS) is 1. The Kier molecular flexibility index (Phi) is 4.33. The number of carbonyl (C=O) groups excluding carboxylic acids is 1. The van der Waals surface area contributed by atoms with E-state index in [2.05, 4.69) is 10.6 Å². The van der Waals surface area contributed by atoms with Gasteiger partial charge in [0.15, 0.2) is 0 Å².